The van der Waals surface area contributed by atoms with E-state index in [0.717, 1.165) is 5.56 Å². The fourth-order valence-electron chi connectivity index (χ4n) is 2.18. The van der Waals surface area contributed by atoms with E-state index >= 15 is 0 Å². The van der Waals surface area contributed by atoms with Gasteiger partial charge in [-0.25, -0.2) is 8.42 Å². The van der Waals surface area contributed by atoms with Crippen LogP contribution in [0.2, 0.25) is 0 Å². The lowest BCUT2D eigenvalue weighted by Crippen LogP contribution is -2.57. The summed E-state index contributed by atoms with van der Waals surface area (Å²) in [5.41, 5.74) is 6.91. The highest BCUT2D eigenvalue weighted by atomic mass is 32.2. The van der Waals surface area contributed by atoms with Gasteiger partial charge in [0, 0.05) is 6.04 Å². The van der Waals surface area contributed by atoms with Crippen LogP contribution in [0.3, 0.4) is 0 Å². The summed E-state index contributed by atoms with van der Waals surface area (Å²) in [6.45, 7) is 4.81. The lowest BCUT2D eigenvalue weighted by Gasteiger charge is -2.45. The summed E-state index contributed by atoms with van der Waals surface area (Å²) >= 11 is 0. The van der Waals surface area contributed by atoms with Crippen molar-refractivity contribution in [2.75, 3.05) is 19.0 Å². The first-order valence-electron chi connectivity index (χ1n) is 6.09. The number of hydrogen-bond donors (Lipinski definition) is 1. The summed E-state index contributed by atoms with van der Waals surface area (Å²) in [4.78, 5) is 0.369. The van der Waals surface area contributed by atoms with Gasteiger partial charge in [0.1, 0.15) is 0 Å². The average Bonchev–Trinajstić information content (AvgIpc) is 2.28. The van der Waals surface area contributed by atoms with Gasteiger partial charge in [-0.2, -0.15) is 0 Å². The lowest BCUT2D eigenvalue weighted by molar-refractivity contribution is -0.0701. The van der Waals surface area contributed by atoms with Gasteiger partial charge in [-0.15, -0.1) is 0 Å². The molecule has 1 atom stereocenters. The number of ether oxygens (including phenoxy) is 1. The predicted octanol–water partition coefficient (Wildman–Crippen LogP) is 1.10. The minimum Gasteiger partial charge on any atom is -0.379 e. The van der Waals surface area contributed by atoms with Crippen LogP contribution in [0.15, 0.2) is 29.2 Å². The van der Waals surface area contributed by atoms with Crippen molar-refractivity contribution in [2.24, 2.45) is 5.73 Å². The molecule has 0 spiro atoms. The first kappa shape index (κ1) is 13.5. The zero-order chi connectivity index (χ0) is 13.4. The van der Waals surface area contributed by atoms with E-state index in [1.165, 1.54) is 0 Å². The molecule has 0 amide bonds. The van der Waals surface area contributed by atoms with E-state index in [4.69, 9.17) is 10.5 Å². The van der Waals surface area contributed by atoms with E-state index in [-0.39, 0.29) is 17.2 Å². The molecule has 1 unspecified atom stereocenters. The summed E-state index contributed by atoms with van der Waals surface area (Å²) in [7, 11) is -3.13. The molecular formula is C13H19NO3S. The monoisotopic (exact) mass is 269 g/mol. The SMILES string of the molecule is CCS(=O)(=O)c1ccc(C2(C(C)N)COC2)cc1. The maximum atomic E-state index is 11.7. The molecule has 18 heavy (non-hydrogen) atoms. The van der Waals surface area contributed by atoms with Crippen molar-refractivity contribution < 1.29 is 13.2 Å². The zero-order valence-electron chi connectivity index (χ0n) is 10.7. The van der Waals surface area contributed by atoms with Gasteiger partial charge in [-0.1, -0.05) is 19.1 Å². The van der Waals surface area contributed by atoms with Gasteiger partial charge in [-0.3, -0.25) is 0 Å². The number of nitrogens with two attached hydrogens (primary N) is 1. The number of rotatable bonds is 4. The van der Waals surface area contributed by atoms with Crippen LogP contribution in [0.4, 0.5) is 0 Å². The predicted molar refractivity (Wildman–Crippen MR) is 70.3 cm³/mol. The Hall–Kier alpha value is -0.910. The van der Waals surface area contributed by atoms with Crippen molar-refractivity contribution in [3.05, 3.63) is 29.8 Å². The third kappa shape index (κ3) is 2.06. The summed E-state index contributed by atoms with van der Waals surface area (Å²) in [6, 6.07) is 7.02. The fourth-order valence-corrected chi connectivity index (χ4v) is 3.06. The third-order valence-corrected chi connectivity index (χ3v) is 5.51. The second-order valence-electron chi connectivity index (χ2n) is 4.87. The Morgan fingerprint density at radius 3 is 2.22 bits per heavy atom. The molecule has 2 N–H and O–H groups in total. The van der Waals surface area contributed by atoms with E-state index in [2.05, 4.69) is 0 Å². The highest BCUT2D eigenvalue weighted by Crippen LogP contribution is 2.35. The molecule has 0 radical (unpaired) electrons. The lowest BCUT2D eigenvalue weighted by atomic mass is 9.73. The Labute approximate surface area is 108 Å². The summed E-state index contributed by atoms with van der Waals surface area (Å²) in [5, 5.41) is 0. The molecule has 0 saturated carbocycles. The molecule has 2 rings (SSSR count). The van der Waals surface area contributed by atoms with E-state index in [9.17, 15) is 8.42 Å². The topological polar surface area (TPSA) is 69.4 Å². The summed E-state index contributed by atoms with van der Waals surface area (Å²) < 4.78 is 28.7. The van der Waals surface area contributed by atoms with E-state index in [1.807, 2.05) is 19.1 Å². The van der Waals surface area contributed by atoms with E-state index < -0.39 is 9.84 Å². The fraction of sp³-hybridized carbons (Fsp3) is 0.538. The summed E-state index contributed by atoms with van der Waals surface area (Å²) in [5.74, 6) is 0.119. The van der Waals surface area contributed by atoms with Crippen LogP contribution in [0, 0.1) is 0 Å². The van der Waals surface area contributed by atoms with Crippen LogP contribution >= 0.6 is 0 Å². The zero-order valence-corrected chi connectivity index (χ0v) is 11.5. The van der Waals surface area contributed by atoms with Crippen molar-refractivity contribution in [1.82, 2.24) is 0 Å². The largest absolute Gasteiger partial charge is 0.379 e. The van der Waals surface area contributed by atoms with Gasteiger partial charge in [0.25, 0.3) is 0 Å². The highest BCUT2D eigenvalue weighted by Gasteiger charge is 2.43. The van der Waals surface area contributed by atoms with Crippen LogP contribution in [-0.4, -0.2) is 33.4 Å². The molecule has 1 aliphatic rings. The molecule has 1 aromatic carbocycles. The quantitative estimate of drug-likeness (QED) is 0.888. The number of sulfone groups is 1. The minimum absolute atomic E-state index is 0.0140. The average molecular weight is 269 g/mol. The maximum Gasteiger partial charge on any atom is 0.178 e. The van der Waals surface area contributed by atoms with Gasteiger partial charge < -0.3 is 10.5 Å². The summed E-state index contributed by atoms with van der Waals surface area (Å²) in [6.07, 6.45) is 0. The van der Waals surface area contributed by atoms with Gasteiger partial charge in [0.05, 0.1) is 29.3 Å². The Balaban J connectivity index is 2.34. The smallest absolute Gasteiger partial charge is 0.178 e. The first-order chi connectivity index (χ1) is 8.42. The van der Waals surface area contributed by atoms with Crippen molar-refractivity contribution >= 4 is 9.84 Å². The molecule has 100 valence electrons. The number of hydrogen-bond acceptors (Lipinski definition) is 4. The molecule has 1 heterocycles. The first-order valence-corrected chi connectivity index (χ1v) is 7.74. The van der Waals surface area contributed by atoms with Crippen LogP contribution in [0.1, 0.15) is 19.4 Å². The third-order valence-electron chi connectivity index (χ3n) is 3.76. The van der Waals surface area contributed by atoms with E-state index in [1.54, 1.807) is 19.1 Å². The van der Waals surface area contributed by atoms with Crippen LogP contribution in [-0.2, 0) is 20.0 Å². The Bertz CT molecular complexity index is 516. The van der Waals surface area contributed by atoms with Crippen LogP contribution in [0.25, 0.3) is 0 Å². The molecular weight excluding hydrogens is 250 g/mol. The highest BCUT2D eigenvalue weighted by molar-refractivity contribution is 7.91. The molecule has 1 fully saturated rings. The molecule has 0 aliphatic carbocycles. The second kappa shape index (κ2) is 4.64. The molecule has 4 nitrogen and oxygen atoms in total. The Kier molecular flexibility index (Phi) is 3.49. The minimum atomic E-state index is -3.13. The van der Waals surface area contributed by atoms with Gasteiger partial charge >= 0.3 is 0 Å². The Morgan fingerprint density at radius 1 is 1.33 bits per heavy atom. The standard InChI is InChI=1S/C13H19NO3S/c1-3-18(15,16)12-6-4-11(5-7-12)13(10(2)14)8-17-9-13/h4-7,10H,3,8-9,14H2,1-2H3. The maximum absolute atomic E-state index is 11.7. The van der Waals surface area contributed by atoms with Crippen molar-refractivity contribution in [3.8, 4) is 0 Å². The molecule has 0 bridgehead atoms. The van der Waals surface area contributed by atoms with Crippen molar-refractivity contribution in [3.63, 3.8) is 0 Å². The second-order valence-corrected chi connectivity index (χ2v) is 7.14. The van der Waals surface area contributed by atoms with Gasteiger partial charge in [0.15, 0.2) is 9.84 Å². The normalized spacial score (nSPS) is 20.2. The van der Waals surface area contributed by atoms with Crippen molar-refractivity contribution in [1.29, 1.82) is 0 Å². The van der Waals surface area contributed by atoms with Crippen LogP contribution in [0.5, 0.6) is 0 Å². The van der Waals surface area contributed by atoms with Gasteiger partial charge in [-0.05, 0) is 24.6 Å². The van der Waals surface area contributed by atoms with E-state index in [0.29, 0.717) is 18.1 Å². The molecule has 1 saturated heterocycles. The Morgan fingerprint density at radius 2 is 1.89 bits per heavy atom. The molecule has 5 heteroatoms. The number of benzene rings is 1. The van der Waals surface area contributed by atoms with Crippen molar-refractivity contribution in [2.45, 2.75) is 30.2 Å². The van der Waals surface area contributed by atoms with Gasteiger partial charge in [0.2, 0.25) is 0 Å². The molecule has 0 aromatic heterocycles. The molecule has 1 aliphatic heterocycles. The van der Waals surface area contributed by atoms with Crippen LogP contribution < -0.4 is 5.73 Å². The molecule has 1 aromatic rings.